The normalized spacial score (nSPS) is 16.3. The monoisotopic (exact) mass is 408 g/mol. The molecule has 1 aromatic carbocycles. The van der Waals surface area contributed by atoms with Crippen molar-refractivity contribution in [3.8, 4) is 0 Å². The number of carbonyl (C=O) groups is 2. The third-order valence-electron chi connectivity index (χ3n) is 4.82. The number of amides is 2. The second-order valence-electron chi connectivity index (χ2n) is 6.92. The van der Waals surface area contributed by atoms with Crippen LogP contribution in [0.1, 0.15) is 64.4 Å². The number of rotatable bonds is 7. The zero-order valence-corrected chi connectivity index (χ0v) is 16.8. The van der Waals surface area contributed by atoms with Gasteiger partial charge in [0.2, 0.25) is 11.8 Å². The van der Waals surface area contributed by atoms with Crippen LogP contribution in [0.4, 0.5) is 0 Å². The van der Waals surface area contributed by atoms with Crippen molar-refractivity contribution in [2.45, 2.75) is 77.4 Å². The smallest absolute Gasteiger partial charge is 0.242 e. The Morgan fingerprint density at radius 1 is 1.28 bits per heavy atom. The first-order valence-corrected chi connectivity index (χ1v) is 10.1. The molecule has 0 heterocycles. The Morgan fingerprint density at radius 2 is 2.00 bits per heavy atom. The first-order valence-electron chi connectivity index (χ1n) is 9.35. The molecule has 1 atom stereocenters. The number of nitrogens with one attached hydrogen (secondary N) is 1. The van der Waals surface area contributed by atoms with Crippen molar-refractivity contribution < 1.29 is 9.59 Å². The molecule has 1 aromatic rings. The maximum atomic E-state index is 12.7. The predicted molar refractivity (Wildman–Crippen MR) is 104 cm³/mol. The lowest BCUT2D eigenvalue weighted by Gasteiger charge is -2.31. The van der Waals surface area contributed by atoms with Gasteiger partial charge in [-0.3, -0.25) is 9.59 Å². The van der Waals surface area contributed by atoms with Crippen LogP contribution >= 0.6 is 15.9 Å². The van der Waals surface area contributed by atoms with Crippen LogP contribution in [-0.4, -0.2) is 28.8 Å². The van der Waals surface area contributed by atoms with Crippen LogP contribution in [0.5, 0.6) is 0 Å². The van der Waals surface area contributed by atoms with Crippen LogP contribution in [0.25, 0.3) is 0 Å². The van der Waals surface area contributed by atoms with E-state index in [1.165, 1.54) is 19.3 Å². The molecule has 0 bridgehead atoms. The summed E-state index contributed by atoms with van der Waals surface area (Å²) in [4.78, 5) is 27.0. The zero-order valence-electron chi connectivity index (χ0n) is 15.3. The topological polar surface area (TPSA) is 49.4 Å². The second kappa shape index (κ2) is 9.95. The molecule has 138 valence electrons. The quantitative estimate of drug-likeness (QED) is 0.725. The Labute approximate surface area is 159 Å². The Balaban J connectivity index is 2.07. The zero-order chi connectivity index (χ0) is 18.2. The Morgan fingerprint density at radius 3 is 2.64 bits per heavy atom. The average molecular weight is 409 g/mol. The third kappa shape index (κ3) is 6.14. The first-order chi connectivity index (χ1) is 12.0. The molecule has 0 radical (unpaired) electrons. The maximum Gasteiger partial charge on any atom is 0.242 e. The van der Waals surface area contributed by atoms with Gasteiger partial charge in [-0.15, -0.1) is 0 Å². The van der Waals surface area contributed by atoms with Gasteiger partial charge < -0.3 is 10.2 Å². The fourth-order valence-electron chi connectivity index (χ4n) is 3.34. The number of benzene rings is 1. The molecular formula is C20H29BrN2O2. The molecular weight excluding hydrogens is 380 g/mol. The molecule has 2 amide bonds. The van der Waals surface area contributed by atoms with Gasteiger partial charge in [-0.25, -0.2) is 0 Å². The highest BCUT2D eigenvalue weighted by molar-refractivity contribution is 9.10. The van der Waals surface area contributed by atoms with E-state index in [-0.39, 0.29) is 17.9 Å². The van der Waals surface area contributed by atoms with Gasteiger partial charge in [-0.05, 0) is 43.9 Å². The molecule has 1 unspecified atom stereocenters. The predicted octanol–water partition coefficient (Wildman–Crippen LogP) is 4.42. The van der Waals surface area contributed by atoms with Crippen molar-refractivity contribution in [1.29, 1.82) is 0 Å². The molecule has 2 rings (SSSR count). The number of carbonyl (C=O) groups excluding carboxylic acids is 2. The minimum absolute atomic E-state index is 0.0358. The van der Waals surface area contributed by atoms with Gasteiger partial charge in [0.25, 0.3) is 0 Å². The van der Waals surface area contributed by atoms with Crippen molar-refractivity contribution in [3.63, 3.8) is 0 Å². The van der Waals surface area contributed by atoms with Gasteiger partial charge in [-0.1, -0.05) is 54.2 Å². The Hall–Kier alpha value is -1.36. The molecule has 4 nitrogen and oxygen atoms in total. The van der Waals surface area contributed by atoms with E-state index in [1.54, 1.807) is 4.90 Å². The molecule has 0 aromatic heterocycles. The lowest BCUT2D eigenvalue weighted by atomic mass is 9.95. The Kier molecular flexibility index (Phi) is 7.94. The molecule has 1 aliphatic carbocycles. The molecule has 5 heteroatoms. The number of hydrogen-bond donors (Lipinski definition) is 1. The molecule has 0 aliphatic heterocycles. The van der Waals surface area contributed by atoms with Crippen molar-refractivity contribution in [1.82, 2.24) is 10.2 Å². The lowest BCUT2D eigenvalue weighted by Crippen LogP contribution is -2.50. The van der Waals surface area contributed by atoms with Crippen LogP contribution in [0.15, 0.2) is 28.7 Å². The minimum atomic E-state index is -0.458. The lowest BCUT2D eigenvalue weighted by molar-refractivity contribution is -0.141. The third-order valence-corrected chi connectivity index (χ3v) is 5.32. The SMILES string of the molecule is CCCC(=O)N(Cc1cccc(Br)c1)C(C)C(=O)NC1CCCCC1. The van der Waals surface area contributed by atoms with Crippen LogP contribution in [0, 0.1) is 0 Å². The van der Waals surface area contributed by atoms with Crippen molar-refractivity contribution in [2.24, 2.45) is 0 Å². The fourth-order valence-corrected chi connectivity index (χ4v) is 3.79. The standard InChI is InChI=1S/C20H29BrN2O2/c1-3-8-19(24)23(14-16-9-7-10-17(21)13-16)15(2)20(25)22-18-11-5-4-6-12-18/h7,9-10,13,15,18H,3-6,8,11-12,14H2,1-2H3,(H,22,25). The van der Waals surface area contributed by atoms with Gasteiger partial charge in [0.05, 0.1) is 0 Å². The number of nitrogens with zero attached hydrogens (tertiary/aromatic N) is 1. The van der Waals surface area contributed by atoms with Crippen LogP contribution in [-0.2, 0) is 16.1 Å². The number of hydrogen-bond acceptors (Lipinski definition) is 2. The Bertz CT molecular complexity index is 585. The molecule has 1 N–H and O–H groups in total. The molecule has 1 saturated carbocycles. The van der Waals surface area contributed by atoms with Crippen LogP contribution < -0.4 is 5.32 Å². The molecule has 0 saturated heterocycles. The molecule has 0 spiro atoms. The fraction of sp³-hybridized carbons (Fsp3) is 0.600. The van der Waals surface area contributed by atoms with E-state index in [0.29, 0.717) is 13.0 Å². The van der Waals surface area contributed by atoms with E-state index in [0.717, 1.165) is 29.3 Å². The van der Waals surface area contributed by atoms with Gasteiger partial charge in [0, 0.05) is 23.5 Å². The average Bonchev–Trinajstić information content (AvgIpc) is 2.60. The summed E-state index contributed by atoms with van der Waals surface area (Å²) in [5.41, 5.74) is 1.02. The summed E-state index contributed by atoms with van der Waals surface area (Å²) in [6.07, 6.45) is 6.96. The van der Waals surface area contributed by atoms with Crippen molar-refractivity contribution >= 4 is 27.7 Å². The van der Waals surface area contributed by atoms with Crippen LogP contribution in [0.2, 0.25) is 0 Å². The van der Waals surface area contributed by atoms with E-state index in [4.69, 9.17) is 0 Å². The summed E-state index contributed by atoms with van der Waals surface area (Å²) in [7, 11) is 0. The number of halogens is 1. The maximum absolute atomic E-state index is 12.7. The van der Waals surface area contributed by atoms with Gasteiger partial charge in [-0.2, -0.15) is 0 Å². The first kappa shape index (κ1) is 20.0. The summed E-state index contributed by atoms with van der Waals surface area (Å²) in [6.45, 7) is 4.28. The molecule has 25 heavy (non-hydrogen) atoms. The summed E-state index contributed by atoms with van der Waals surface area (Å²) < 4.78 is 0.979. The second-order valence-corrected chi connectivity index (χ2v) is 7.84. The van der Waals surface area contributed by atoms with E-state index in [2.05, 4.69) is 21.2 Å². The van der Waals surface area contributed by atoms with Crippen molar-refractivity contribution in [3.05, 3.63) is 34.3 Å². The van der Waals surface area contributed by atoms with Gasteiger partial charge in [0.15, 0.2) is 0 Å². The van der Waals surface area contributed by atoms with E-state index >= 15 is 0 Å². The van der Waals surface area contributed by atoms with E-state index in [1.807, 2.05) is 38.1 Å². The van der Waals surface area contributed by atoms with E-state index < -0.39 is 6.04 Å². The largest absolute Gasteiger partial charge is 0.352 e. The van der Waals surface area contributed by atoms with E-state index in [9.17, 15) is 9.59 Å². The molecule has 1 aliphatic rings. The highest BCUT2D eigenvalue weighted by Gasteiger charge is 2.27. The summed E-state index contributed by atoms with van der Waals surface area (Å²) in [5, 5.41) is 3.15. The summed E-state index contributed by atoms with van der Waals surface area (Å²) in [6, 6.07) is 7.70. The summed E-state index contributed by atoms with van der Waals surface area (Å²) >= 11 is 3.47. The summed E-state index contributed by atoms with van der Waals surface area (Å²) in [5.74, 6) is 0.000111. The minimum Gasteiger partial charge on any atom is -0.352 e. The highest BCUT2D eigenvalue weighted by atomic mass is 79.9. The van der Waals surface area contributed by atoms with Gasteiger partial charge in [0.1, 0.15) is 6.04 Å². The van der Waals surface area contributed by atoms with Crippen molar-refractivity contribution in [2.75, 3.05) is 0 Å². The highest BCUT2D eigenvalue weighted by Crippen LogP contribution is 2.19. The van der Waals surface area contributed by atoms with Gasteiger partial charge >= 0.3 is 0 Å². The molecule has 1 fully saturated rings. The van der Waals surface area contributed by atoms with Crippen LogP contribution in [0.3, 0.4) is 0 Å².